The highest BCUT2D eigenvalue weighted by Crippen LogP contribution is 2.25. The van der Waals surface area contributed by atoms with Crippen LogP contribution >= 0.6 is 11.6 Å². The van der Waals surface area contributed by atoms with Gasteiger partial charge in [0.25, 0.3) is 17.5 Å². The highest BCUT2D eigenvalue weighted by Gasteiger charge is 2.17. The van der Waals surface area contributed by atoms with Crippen molar-refractivity contribution in [3.8, 4) is 0 Å². The minimum absolute atomic E-state index is 0.00415. The van der Waals surface area contributed by atoms with Crippen LogP contribution in [0.15, 0.2) is 42.5 Å². The molecule has 2 amide bonds. The maximum absolute atomic E-state index is 12.1. The van der Waals surface area contributed by atoms with Crippen molar-refractivity contribution >= 4 is 29.1 Å². The van der Waals surface area contributed by atoms with Gasteiger partial charge in [0, 0.05) is 17.2 Å². The number of carbonyl (C=O) groups is 2. The molecular formula is C18H18ClN3O4. The van der Waals surface area contributed by atoms with Gasteiger partial charge in [0.05, 0.1) is 4.92 Å². The first-order valence-electron chi connectivity index (χ1n) is 7.75. The summed E-state index contributed by atoms with van der Waals surface area (Å²) < 4.78 is 0. The summed E-state index contributed by atoms with van der Waals surface area (Å²) in [5.74, 6) is -1.19. The van der Waals surface area contributed by atoms with Crippen molar-refractivity contribution in [3.63, 3.8) is 0 Å². The molecule has 0 heterocycles. The van der Waals surface area contributed by atoms with Crippen molar-refractivity contribution in [1.29, 1.82) is 0 Å². The van der Waals surface area contributed by atoms with Crippen molar-refractivity contribution in [2.24, 2.45) is 0 Å². The average molecular weight is 376 g/mol. The summed E-state index contributed by atoms with van der Waals surface area (Å²) in [5, 5.41) is 10.8. The molecule has 0 aromatic heterocycles. The molecule has 0 radical (unpaired) electrons. The zero-order valence-corrected chi connectivity index (χ0v) is 15.3. The Balaban J connectivity index is 2.04. The normalized spacial score (nSPS) is 10.9. The topological polar surface area (TPSA) is 101 Å². The van der Waals surface area contributed by atoms with E-state index in [-0.39, 0.29) is 21.7 Å². The number of hydrogen-bond donors (Lipinski definition) is 2. The Hall–Kier alpha value is -2.93. The SMILES string of the molecule is CC(C)(C)c1ccc(C(=O)NNC(=O)c2ccc(Cl)c([N+](=O)[O-])c2)cc1. The smallest absolute Gasteiger partial charge is 0.267 e. The number of rotatable bonds is 3. The number of halogens is 1. The van der Waals surface area contributed by atoms with Crippen molar-refractivity contribution in [2.75, 3.05) is 0 Å². The second-order valence-electron chi connectivity index (χ2n) is 6.66. The van der Waals surface area contributed by atoms with Crippen LogP contribution in [0.1, 0.15) is 47.1 Å². The second kappa shape index (κ2) is 7.53. The number of nitrogens with one attached hydrogen (secondary N) is 2. The van der Waals surface area contributed by atoms with E-state index in [2.05, 4.69) is 31.6 Å². The quantitative estimate of drug-likeness (QED) is 0.631. The summed E-state index contributed by atoms with van der Waals surface area (Å²) >= 11 is 5.71. The van der Waals surface area contributed by atoms with E-state index in [0.29, 0.717) is 5.56 Å². The van der Waals surface area contributed by atoms with Gasteiger partial charge in [-0.05, 0) is 35.2 Å². The number of benzene rings is 2. The number of carbonyl (C=O) groups excluding carboxylic acids is 2. The molecule has 0 saturated heterocycles. The van der Waals surface area contributed by atoms with Gasteiger partial charge < -0.3 is 0 Å². The molecule has 8 heteroatoms. The molecule has 2 aromatic rings. The molecule has 2 N–H and O–H groups in total. The van der Waals surface area contributed by atoms with Crippen LogP contribution < -0.4 is 10.9 Å². The number of nitro benzene ring substituents is 1. The Kier molecular flexibility index (Phi) is 5.62. The fraction of sp³-hybridized carbons (Fsp3) is 0.222. The highest BCUT2D eigenvalue weighted by atomic mass is 35.5. The summed E-state index contributed by atoms with van der Waals surface area (Å²) in [7, 11) is 0. The van der Waals surface area contributed by atoms with Gasteiger partial charge in [-0.1, -0.05) is 44.5 Å². The summed E-state index contributed by atoms with van der Waals surface area (Å²) in [5.41, 5.74) is 5.53. The lowest BCUT2D eigenvalue weighted by Gasteiger charge is -2.19. The Morgan fingerprint density at radius 2 is 1.46 bits per heavy atom. The van der Waals surface area contributed by atoms with E-state index in [0.717, 1.165) is 11.6 Å². The zero-order chi connectivity index (χ0) is 19.5. The lowest BCUT2D eigenvalue weighted by Crippen LogP contribution is -2.41. The molecule has 0 aliphatic rings. The van der Waals surface area contributed by atoms with Crippen LogP contribution in [-0.2, 0) is 5.41 Å². The lowest BCUT2D eigenvalue weighted by molar-refractivity contribution is -0.384. The van der Waals surface area contributed by atoms with E-state index in [1.54, 1.807) is 12.1 Å². The van der Waals surface area contributed by atoms with Crippen molar-refractivity contribution in [3.05, 3.63) is 74.3 Å². The number of hydrazine groups is 1. The van der Waals surface area contributed by atoms with Gasteiger partial charge in [-0.15, -0.1) is 0 Å². The van der Waals surface area contributed by atoms with Gasteiger partial charge in [-0.2, -0.15) is 0 Å². The molecule has 136 valence electrons. The van der Waals surface area contributed by atoms with E-state index < -0.39 is 16.7 Å². The van der Waals surface area contributed by atoms with Gasteiger partial charge in [0.1, 0.15) is 5.02 Å². The van der Waals surface area contributed by atoms with Gasteiger partial charge in [-0.3, -0.25) is 30.6 Å². The lowest BCUT2D eigenvalue weighted by atomic mass is 9.87. The first-order valence-corrected chi connectivity index (χ1v) is 8.12. The molecule has 0 bridgehead atoms. The van der Waals surface area contributed by atoms with Crippen molar-refractivity contribution in [1.82, 2.24) is 10.9 Å². The third-order valence-corrected chi connectivity index (χ3v) is 4.03. The predicted molar refractivity (Wildman–Crippen MR) is 98.2 cm³/mol. The Morgan fingerprint density at radius 1 is 0.962 bits per heavy atom. The van der Waals surface area contributed by atoms with E-state index in [9.17, 15) is 19.7 Å². The van der Waals surface area contributed by atoms with Crippen LogP contribution in [0.5, 0.6) is 0 Å². The van der Waals surface area contributed by atoms with Crippen LogP contribution in [-0.4, -0.2) is 16.7 Å². The molecule has 0 fully saturated rings. The third kappa shape index (κ3) is 4.58. The molecule has 26 heavy (non-hydrogen) atoms. The minimum atomic E-state index is -0.690. The monoisotopic (exact) mass is 375 g/mol. The van der Waals surface area contributed by atoms with Gasteiger partial charge >= 0.3 is 0 Å². The van der Waals surface area contributed by atoms with Crippen molar-refractivity contribution < 1.29 is 14.5 Å². The third-order valence-electron chi connectivity index (χ3n) is 3.71. The minimum Gasteiger partial charge on any atom is -0.267 e. The molecule has 0 spiro atoms. The van der Waals surface area contributed by atoms with Crippen molar-refractivity contribution in [2.45, 2.75) is 26.2 Å². The maximum Gasteiger partial charge on any atom is 0.288 e. The molecule has 0 saturated carbocycles. The summed E-state index contributed by atoms with van der Waals surface area (Å²) in [6.45, 7) is 6.19. The molecule has 0 aliphatic heterocycles. The first kappa shape index (κ1) is 19.4. The van der Waals surface area contributed by atoms with E-state index in [1.807, 2.05) is 12.1 Å². The molecular weight excluding hydrogens is 358 g/mol. The standard InChI is InChI=1S/C18H18ClN3O4/c1-18(2,3)13-7-4-11(5-8-13)16(23)20-21-17(24)12-6-9-14(19)15(10-12)22(25)26/h4-10H,1-3H3,(H,20,23)(H,21,24). The Bertz CT molecular complexity index is 858. The summed E-state index contributed by atoms with van der Waals surface area (Å²) in [4.78, 5) is 34.4. The fourth-order valence-electron chi connectivity index (χ4n) is 2.17. The van der Waals surface area contributed by atoms with E-state index in [1.165, 1.54) is 12.1 Å². The van der Waals surface area contributed by atoms with Gasteiger partial charge in [0.2, 0.25) is 0 Å². The molecule has 2 rings (SSSR count). The molecule has 0 aliphatic carbocycles. The number of nitrogens with zero attached hydrogens (tertiary/aromatic N) is 1. The summed E-state index contributed by atoms with van der Waals surface area (Å²) in [6.07, 6.45) is 0. The fourth-order valence-corrected chi connectivity index (χ4v) is 2.36. The van der Waals surface area contributed by atoms with Crippen LogP contribution in [0.2, 0.25) is 5.02 Å². The van der Waals surface area contributed by atoms with Crippen LogP contribution in [0.25, 0.3) is 0 Å². The number of hydrogen-bond acceptors (Lipinski definition) is 4. The van der Waals surface area contributed by atoms with E-state index in [4.69, 9.17) is 11.6 Å². The molecule has 7 nitrogen and oxygen atoms in total. The largest absolute Gasteiger partial charge is 0.288 e. The predicted octanol–water partition coefficient (Wildman–Crippen LogP) is 3.62. The second-order valence-corrected chi connectivity index (χ2v) is 7.07. The molecule has 0 atom stereocenters. The maximum atomic E-state index is 12.1. The summed E-state index contributed by atoms with van der Waals surface area (Å²) in [6, 6.07) is 10.6. The first-order chi connectivity index (χ1) is 12.1. The van der Waals surface area contributed by atoms with Gasteiger partial charge in [0.15, 0.2) is 0 Å². The number of nitro groups is 1. The average Bonchev–Trinajstić information content (AvgIpc) is 2.58. The Morgan fingerprint density at radius 3 is 1.96 bits per heavy atom. The molecule has 0 unspecified atom stereocenters. The van der Waals surface area contributed by atoms with Crippen LogP contribution in [0.4, 0.5) is 5.69 Å². The highest BCUT2D eigenvalue weighted by molar-refractivity contribution is 6.32. The van der Waals surface area contributed by atoms with E-state index >= 15 is 0 Å². The number of amides is 2. The Labute approximate surface area is 155 Å². The van der Waals surface area contributed by atoms with Gasteiger partial charge in [-0.25, -0.2) is 0 Å². The van der Waals surface area contributed by atoms with Crippen LogP contribution in [0, 0.1) is 10.1 Å². The van der Waals surface area contributed by atoms with Crippen LogP contribution in [0.3, 0.4) is 0 Å². The zero-order valence-electron chi connectivity index (χ0n) is 14.5. The molecule has 2 aromatic carbocycles.